The fraction of sp³-hybridized carbons (Fsp3) is 0.955. The average molecular weight is 1030 g/mol. The van der Waals surface area contributed by atoms with Crippen LogP contribution in [0.4, 0.5) is 0 Å². The Kier molecular flexibility index (Phi) is 61.1. The van der Waals surface area contributed by atoms with Crippen molar-refractivity contribution < 1.29 is 25.2 Å². The average Bonchev–Trinajstić information content (AvgIpc) is 3.40. The number of hydrogen-bond acceptors (Lipinski definition) is 5. The highest BCUT2D eigenvalue weighted by Gasteiger charge is 2.28. The van der Waals surface area contributed by atoms with Crippen molar-refractivity contribution in [3.8, 4) is 0 Å². The van der Waals surface area contributed by atoms with Crippen LogP contribution in [-0.2, 0) is 4.79 Å². The zero-order valence-electron chi connectivity index (χ0n) is 49.7. The SMILES string of the molecule is CCCCCCCCCCCCCC/C=C\CCCCCCCCCCCCCCCCC(O)C(=O)NC(CO)C(O)C(O)CCCCCCCCCCCCCCCCCCCCCCCCCCCCC. The summed E-state index contributed by atoms with van der Waals surface area (Å²) in [6.45, 7) is 4.11. The van der Waals surface area contributed by atoms with E-state index in [9.17, 15) is 25.2 Å². The predicted molar refractivity (Wildman–Crippen MR) is 321 cm³/mol. The van der Waals surface area contributed by atoms with Gasteiger partial charge in [-0.05, 0) is 38.5 Å². The van der Waals surface area contributed by atoms with Gasteiger partial charge >= 0.3 is 0 Å². The van der Waals surface area contributed by atoms with Gasteiger partial charge in [-0.25, -0.2) is 0 Å². The predicted octanol–water partition coefficient (Wildman–Crippen LogP) is 20.4. The molecule has 4 unspecified atom stereocenters. The van der Waals surface area contributed by atoms with Crippen molar-refractivity contribution in [3.05, 3.63) is 12.2 Å². The molecular formula is C67H133NO5. The van der Waals surface area contributed by atoms with Crippen molar-refractivity contribution >= 4 is 5.91 Å². The van der Waals surface area contributed by atoms with E-state index in [-0.39, 0.29) is 0 Å². The third-order valence-electron chi connectivity index (χ3n) is 16.2. The lowest BCUT2D eigenvalue weighted by Gasteiger charge is -2.27. The highest BCUT2D eigenvalue weighted by Crippen LogP contribution is 2.19. The minimum absolute atomic E-state index is 0.373. The molecule has 0 heterocycles. The van der Waals surface area contributed by atoms with Crippen LogP contribution in [0, 0.1) is 0 Å². The van der Waals surface area contributed by atoms with Crippen molar-refractivity contribution in [2.24, 2.45) is 0 Å². The van der Waals surface area contributed by atoms with Gasteiger partial charge in [-0.3, -0.25) is 4.79 Å². The van der Waals surface area contributed by atoms with Crippen molar-refractivity contribution in [1.29, 1.82) is 0 Å². The Morgan fingerprint density at radius 1 is 0.329 bits per heavy atom. The van der Waals surface area contributed by atoms with E-state index in [1.54, 1.807) is 0 Å². The number of hydrogen-bond donors (Lipinski definition) is 5. The summed E-state index contributed by atoms with van der Waals surface area (Å²) in [5, 5.41) is 44.2. The Balaban J connectivity index is 3.54. The number of nitrogens with one attached hydrogen (secondary N) is 1. The first-order valence-corrected chi connectivity index (χ1v) is 33.6. The number of carbonyl (C=O) groups excluding carboxylic acids is 1. The summed E-state index contributed by atoms with van der Waals surface area (Å²) in [6.07, 6.45) is 76.1. The number of allylic oxidation sites excluding steroid dienone is 2. The van der Waals surface area contributed by atoms with E-state index in [0.717, 1.165) is 38.5 Å². The molecule has 0 bridgehead atoms. The Morgan fingerprint density at radius 3 is 0.795 bits per heavy atom. The molecule has 0 saturated carbocycles. The van der Waals surface area contributed by atoms with Crippen molar-refractivity contribution in [2.75, 3.05) is 6.61 Å². The third kappa shape index (κ3) is 55.6. The van der Waals surface area contributed by atoms with Gasteiger partial charge in [0.25, 0.3) is 0 Å². The fourth-order valence-electron chi connectivity index (χ4n) is 11.0. The lowest BCUT2D eigenvalue weighted by molar-refractivity contribution is -0.132. The first-order valence-electron chi connectivity index (χ1n) is 33.6. The van der Waals surface area contributed by atoms with Gasteiger partial charge in [0.05, 0.1) is 18.8 Å². The van der Waals surface area contributed by atoms with E-state index in [2.05, 4.69) is 31.3 Å². The van der Waals surface area contributed by atoms with E-state index in [4.69, 9.17) is 0 Å². The van der Waals surface area contributed by atoms with Gasteiger partial charge in [-0.2, -0.15) is 0 Å². The lowest BCUT2D eigenvalue weighted by Crippen LogP contribution is -2.53. The fourth-order valence-corrected chi connectivity index (χ4v) is 11.0. The molecule has 0 aliphatic heterocycles. The molecule has 0 rings (SSSR count). The molecule has 6 heteroatoms. The highest BCUT2D eigenvalue weighted by molar-refractivity contribution is 5.80. The second-order valence-corrected chi connectivity index (χ2v) is 23.5. The molecule has 5 N–H and O–H groups in total. The van der Waals surface area contributed by atoms with Crippen molar-refractivity contribution in [1.82, 2.24) is 5.32 Å². The molecule has 0 aromatic heterocycles. The number of rotatable bonds is 63. The third-order valence-corrected chi connectivity index (χ3v) is 16.2. The first kappa shape index (κ1) is 72.0. The maximum absolute atomic E-state index is 12.7. The Morgan fingerprint density at radius 2 is 0.548 bits per heavy atom. The molecule has 0 aromatic rings. The Hall–Kier alpha value is -0.950. The molecule has 0 aliphatic rings. The molecule has 1 amide bonds. The van der Waals surface area contributed by atoms with E-state index < -0.39 is 36.9 Å². The summed E-state index contributed by atoms with van der Waals surface area (Å²) in [4.78, 5) is 12.7. The number of aliphatic hydroxyl groups excluding tert-OH is 4. The summed E-state index contributed by atoms with van der Waals surface area (Å²) in [6, 6.07) is -0.984. The van der Waals surface area contributed by atoms with Crippen molar-refractivity contribution in [3.63, 3.8) is 0 Å². The molecule has 0 saturated heterocycles. The molecule has 0 aromatic carbocycles. The molecule has 4 atom stereocenters. The van der Waals surface area contributed by atoms with E-state index >= 15 is 0 Å². The number of amides is 1. The second kappa shape index (κ2) is 61.9. The highest BCUT2D eigenvalue weighted by atomic mass is 16.3. The smallest absolute Gasteiger partial charge is 0.249 e. The standard InChI is InChI=1S/C67H133NO5/c1-3-5-7-9-11-13-15-17-19-21-23-25-27-29-31-32-33-35-37-39-41-43-45-47-49-51-53-55-57-59-61-65(71)67(73)68-63(62-69)66(72)64(70)60-58-56-54-52-50-48-46-44-42-40-38-36-34-30-28-26-24-22-20-18-16-14-12-10-8-6-4-2/h29,31,63-66,69-72H,3-28,30,32-62H2,1-2H3,(H,68,73)/b31-29-. The van der Waals surface area contributed by atoms with Gasteiger partial charge in [0.1, 0.15) is 12.2 Å². The van der Waals surface area contributed by atoms with Crippen LogP contribution >= 0.6 is 0 Å². The monoisotopic (exact) mass is 1030 g/mol. The molecule has 0 radical (unpaired) electrons. The maximum atomic E-state index is 12.7. The quantitative estimate of drug-likeness (QED) is 0.0308. The molecule has 0 fully saturated rings. The van der Waals surface area contributed by atoms with Gasteiger partial charge in [0.15, 0.2) is 0 Å². The van der Waals surface area contributed by atoms with Gasteiger partial charge in [-0.15, -0.1) is 0 Å². The summed E-state index contributed by atoms with van der Waals surface area (Å²) >= 11 is 0. The van der Waals surface area contributed by atoms with Gasteiger partial charge in [-0.1, -0.05) is 353 Å². The number of carbonyl (C=O) groups is 1. The topological polar surface area (TPSA) is 110 Å². The van der Waals surface area contributed by atoms with E-state index in [1.165, 1.54) is 315 Å². The van der Waals surface area contributed by atoms with Crippen LogP contribution in [0.1, 0.15) is 380 Å². The van der Waals surface area contributed by atoms with E-state index in [0.29, 0.717) is 12.8 Å². The molecule has 0 spiro atoms. The van der Waals surface area contributed by atoms with Crippen LogP contribution in [0.5, 0.6) is 0 Å². The van der Waals surface area contributed by atoms with Crippen LogP contribution in [-0.4, -0.2) is 57.3 Å². The zero-order chi connectivity index (χ0) is 53.0. The second-order valence-electron chi connectivity index (χ2n) is 23.5. The zero-order valence-corrected chi connectivity index (χ0v) is 49.7. The Labute approximate surface area is 457 Å². The molecule has 0 aliphatic carbocycles. The first-order chi connectivity index (χ1) is 36.0. The van der Waals surface area contributed by atoms with Crippen molar-refractivity contribution in [2.45, 2.75) is 404 Å². The molecule has 436 valence electrons. The van der Waals surface area contributed by atoms with Gasteiger partial charge in [0.2, 0.25) is 5.91 Å². The summed E-state index contributed by atoms with van der Waals surface area (Å²) in [5.41, 5.74) is 0. The van der Waals surface area contributed by atoms with Crippen LogP contribution in [0.25, 0.3) is 0 Å². The molecule has 6 nitrogen and oxygen atoms in total. The summed E-state index contributed by atoms with van der Waals surface area (Å²) in [5.74, 6) is -0.576. The van der Waals surface area contributed by atoms with Gasteiger partial charge < -0.3 is 25.7 Å². The van der Waals surface area contributed by atoms with Crippen LogP contribution in [0.2, 0.25) is 0 Å². The van der Waals surface area contributed by atoms with E-state index in [1.807, 2.05) is 0 Å². The van der Waals surface area contributed by atoms with Gasteiger partial charge in [0, 0.05) is 0 Å². The molecular weight excluding hydrogens is 899 g/mol. The normalized spacial score (nSPS) is 13.6. The molecule has 73 heavy (non-hydrogen) atoms. The van der Waals surface area contributed by atoms with Crippen LogP contribution in [0.3, 0.4) is 0 Å². The Bertz CT molecular complexity index is 1070. The maximum Gasteiger partial charge on any atom is 0.249 e. The largest absolute Gasteiger partial charge is 0.394 e. The van der Waals surface area contributed by atoms with Crippen LogP contribution in [0.15, 0.2) is 12.2 Å². The van der Waals surface area contributed by atoms with Crippen LogP contribution < -0.4 is 5.32 Å². The summed E-state index contributed by atoms with van der Waals surface area (Å²) < 4.78 is 0. The minimum Gasteiger partial charge on any atom is -0.394 e. The number of unbranched alkanes of at least 4 members (excludes halogenated alkanes) is 52. The minimum atomic E-state index is -1.26. The summed E-state index contributed by atoms with van der Waals surface area (Å²) in [7, 11) is 0. The number of aliphatic hydroxyl groups is 4. The lowest BCUT2D eigenvalue weighted by atomic mass is 9.99.